The Kier molecular flexibility index (Phi) is 5.23. The van der Waals surface area contributed by atoms with Crippen molar-refractivity contribution in [3.8, 4) is 0 Å². The van der Waals surface area contributed by atoms with E-state index >= 15 is 0 Å². The summed E-state index contributed by atoms with van der Waals surface area (Å²) in [6.45, 7) is 2.76. The molecule has 0 unspecified atom stereocenters. The van der Waals surface area contributed by atoms with E-state index in [0.717, 1.165) is 9.88 Å². The average molecular weight is 326 g/mol. The van der Waals surface area contributed by atoms with Crippen molar-refractivity contribution in [2.75, 3.05) is 6.54 Å². The van der Waals surface area contributed by atoms with Gasteiger partial charge in [0.2, 0.25) is 0 Å². The van der Waals surface area contributed by atoms with Crippen molar-refractivity contribution in [3.05, 3.63) is 32.2 Å². The second-order valence-corrected chi connectivity index (χ2v) is 6.40. The Morgan fingerprint density at radius 1 is 1.38 bits per heavy atom. The molecule has 2 heterocycles. The minimum Gasteiger partial charge on any atom is -0.476 e. The van der Waals surface area contributed by atoms with E-state index in [2.05, 4.69) is 20.6 Å². The number of nitrogens with one attached hydrogen (secondary N) is 2. The van der Waals surface area contributed by atoms with Crippen molar-refractivity contribution in [2.24, 2.45) is 0 Å². The lowest BCUT2D eigenvalue weighted by Gasteiger charge is -2.05. The molecule has 0 aliphatic carbocycles. The standard InChI is InChI=1S/C12H14N4O3S2/c1-7-14-4-8(21-7)5-15-12(19)13-3-2-10-16-9(6-20-10)11(17)18/h4,6H,2-3,5H2,1H3,(H,17,18)(H2,13,15,19). The van der Waals surface area contributed by atoms with E-state index < -0.39 is 5.97 Å². The van der Waals surface area contributed by atoms with Crippen LogP contribution in [0.3, 0.4) is 0 Å². The van der Waals surface area contributed by atoms with Gasteiger partial charge in [0.15, 0.2) is 5.69 Å². The molecule has 7 nitrogen and oxygen atoms in total. The molecule has 0 aliphatic heterocycles. The number of hydrogen-bond donors (Lipinski definition) is 3. The second kappa shape index (κ2) is 7.14. The van der Waals surface area contributed by atoms with E-state index in [0.29, 0.717) is 24.5 Å². The first-order valence-corrected chi connectivity index (χ1v) is 7.85. The summed E-state index contributed by atoms with van der Waals surface area (Å²) in [5.41, 5.74) is 0.0417. The van der Waals surface area contributed by atoms with Gasteiger partial charge in [-0.25, -0.2) is 19.6 Å². The largest absolute Gasteiger partial charge is 0.476 e. The van der Waals surface area contributed by atoms with Gasteiger partial charge in [0.1, 0.15) is 0 Å². The first-order chi connectivity index (χ1) is 10.0. The van der Waals surface area contributed by atoms with Gasteiger partial charge >= 0.3 is 12.0 Å². The van der Waals surface area contributed by atoms with Crippen LogP contribution in [0.25, 0.3) is 0 Å². The quantitative estimate of drug-likeness (QED) is 0.749. The summed E-state index contributed by atoms with van der Waals surface area (Å²) in [6.07, 6.45) is 2.24. The molecule has 9 heteroatoms. The lowest BCUT2D eigenvalue weighted by molar-refractivity contribution is 0.0691. The van der Waals surface area contributed by atoms with Crippen LogP contribution in [0.2, 0.25) is 0 Å². The number of nitrogens with zero attached hydrogens (tertiary/aromatic N) is 2. The third-order valence-electron chi connectivity index (χ3n) is 2.49. The van der Waals surface area contributed by atoms with Crippen LogP contribution >= 0.6 is 22.7 Å². The van der Waals surface area contributed by atoms with E-state index in [9.17, 15) is 9.59 Å². The lowest BCUT2D eigenvalue weighted by Crippen LogP contribution is -2.36. The Hall–Kier alpha value is -2.00. The van der Waals surface area contributed by atoms with Gasteiger partial charge in [0.05, 0.1) is 16.6 Å². The molecule has 0 saturated carbocycles. The van der Waals surface area contributed by atoms with Gasteiger partial charge in [-0.3, -0.25) is 0 Å². The summed E-state index contributed by atoms with van der Waals surface area (Å²) in [5.74, 6) is -1.04. The highest BCUT2D eigenvalue weighted by molar-refractivity contribution is 7.11. The summed E-state index contributed by atoms with van der Waals surface area (Å²) >= 11 is 2.81. The van der Waals surface area contributed by atoms with Gasteiger partial charge < -0.3 is 15.7 Å². The molecule has 0 saturated heterocycles. The van der Waals surface area contributed by atoms with Gasteiger partial charge in [0, 0.05) is 29.4 Å². The van der Waals surface area contributed by atoms with E-state index in [1.807, 2.05) is 6.92 Å². The Morgan fingerprint density at radius 3 is 2.81 bits per heavy atom. The number of urea groups is 1. The highest BCUT2D eigenvalue weighted by atomic mass is 32.1. The van der Waals surface area contributed by atoms with Crippen molar-refractivity contribution in [1.29, 1.82) is 0 Å². The number of aryl methyl sites for hydroxylation is 1. The fraction of sp³-hybridized carbons (Fsp3) is 0.333. The van der Waals surface area contributed by atoms with Gasteiger partial charge in [-0.1, -0.05) is 0 Å². The number of hydrogen-bond acceptors (Lipinski definition) is 6. The maximum absolute atomic E-state index is 11.6. The van der Waals surface area contributed by atoms with Crippen LogP contribution in [0, 0.1) is 6.92 Å². The maximum atomic E-state index is 11.6. The number of carboxylic acids is 1. The van der Waals surface area contributed by atoms with Crippen molar-refractivity contribution < 1.29 is 14.7 Å². The molecule has 21 heavy (non-hydrogen) atoms. The van der Waals surface area contributed by atoms with Gasteiger partial charge in [-0.05, 0) is 6.92 Å². The van der Waals surface area contributed by atoms with Gasteiger partial charge in [0.25, 0.3) is 0 Å². The van der Waals surface area contributed by atoms with Crippen LogP contribution in [0.4, 0.5) is 4.79 Å². The zero-order valence-corrected chi connectivity index (χ0v) is 12.9. The van der Waals surface area contributed by atoms with Crippen LogP contribution in [0.1, 0.15) is 25.4 Å². The lowest BCUT2D eigenvalue weighted by atomic mass is 10.4. The van der Waals surface area contributed by atoms with Crippen molar-refractivity contribution >= 4 is 34.7 Å². The Balaban J connectivity index is 1.67. The molecule has 2 rings (SSSR count). The maximum Gasteiger partial charge on any atom is 0.355 e. The molecule has 0 atom stereocenters. The van der Waals surface area contributed by atoms with Crippen LogP contribution in [-0.2, 0) is 13.0 Å². The zero-order valence-electron chi connectivity index (χ0n) is 11.3. The molecule has 0 radical (unpaired) electrons. The summed E-state index contributed by atoms with van der Waals surface area (Å²) in [7, 11) is 0. The summed E-state index contributed by atoms with van der Waals surface area (Å²) in [4.78, 5) is 31.3. The third kappa shape index (κ3) is 4.80. The van der Waals surface area contributed by atoms with Gasteiger partial charge in [-0.15, -0.1) is 22.7 Å². The smallest absolute Gasteiger partial charge is 0.355 e. The third-order valence-corrected chi connectivity index (χ3v) is 4.31. The molecule has 0 aromatic carbocycles. The van der Waals surface area contributed by atoms with Crippen molar-refractivity contribution in [3.63, 3.8) is 0 Å². The molecule has 2 aromatic heterocycles. The van der Waals surface area contributed by atoms with Crippen molar-refractivity contribution in [2.45, 2.75) is 19.9 Å². The fourth-order valence-electron chi connectivity index (χ4n) is 1.52. The Morgan fingerprint density at radius 2 is 2.19 bits per heavy atom. The topological polar surface area (TPSA) is 104 Å². The van der Waals surface area contributed by atoms with Crippen LogP contribution < -0.4 is 10.6 Å². The zero-order chi connectivity index (χ0) is 15.2. The number of aromatic carboxylic acids is 1. The first kappa shape index (κ1) is 15.4. The molecule has 0 spiro atoms. The number of carboxylic acid groups (broad SMARTS) is 1. The SMILES string of the molecule is Cc1ncc(CNC(=O)NCCc2nc(C(=O)O)cs2)s1. The van der Waals surface area contributed by atoms with Crippen LogP contribution in [0.5, 0.6) is 0 Å². The van der Waals surface area contributed by atoms with Crippen LogP contribution in [0.15, 0.2) is 11.6 Å². The van der Waals surface area contributed by atoms with E-state index in [1.54, 1.807) is 6.20 Å². The summed E-state index contributed by atoms with van der Waals surface area (Å²) < 4.78 is 0. The number of carbonyl (C=O) groups excluding carboxylic acids is 1. The molecule has 2 aromatic rings. The van der Waals surface area contributed by atoms with Crippen LogP contribution in [-0.4, -0.2) is 33.6 Å². The number of thiazole rings is 2. The predicted octanol–water partition coefficient (Wildman–Crippen LogP) is 1.65. The monoisotopic (exact) mass is 326 g/mol. The second-order valence-electron chi connectivity index (χ2n) is 4.14. The Labute approximate surface area is 129 Å². The number of amides is 2. The highest BCUT2D eigenvalue weighted by Gasteiger charge is 2.08. The van der Waals surface area contributed by atoms with Gasteiger partial charge in [-0.2, -0.15) is 0 Å². The molecule has 0 aliphatic rings. The average Bonchev–Trinajstić information content (AvgIpc) is 3.05. The van der Waals surface area contributed by atoms with Crippen molar-refractivity contribution in [1.82, 2.24) is 20.6 Å². The summed E-state index contributed by atoms with van der Waals surface area (Å²) in [5, 5.41) is 17.3. The van der Waals surface area contributed by atoms with E-state index in [-0.39, 0.29) is 11.7 Å². The van der Waals surface area contributed by atoms with E-state index in [4.69, 9.17) is 5.11 Å². The molecular formula is C12H14N4O3S2. The number of rotatable bonds is 6. The minimum absolute atomic E-state index is 0.0417. The summed E-state index contributed by atoms with van der Waals surface area (Å²) in [6, 6.07) is -0.268. The molecule has 3 N–H and O–H groups in total. The fourth-order valence-corrected chi connectivity index (χ4v) is 3.03. The number of aromatic nitrogens is 2. The predicted molar refractivity (Wildman–Crippen MR) is 79.9 cm³/mol. The molecule has 0 bridgehead atoms. The van der Waals surface area contributed by atoms with E-state index in [1.165, 1.54) is 28.1 Å². The molecular weight excluding hydrogens is 312 g/mol. The molecule has 2 amide bonds. The normalized spacial score (nSPS) is 10.3. The Bertz CT molecular complexity index is 638. The number of carbonyl (C=O) groups is 2. The molecule has 0 fully saturated rings. The molecule has 112 valence electrons. The highest BCUT2D eigenvalue weighted by Crippen LogP contribution is 2.11. The first-order valence-electron chi connectivity index (χ1n) is 6.15. The minimum atomic E-state index is -1.04.